The Morgan fingerprint density at radius 2 is 1.91 bits per heavy atom. The number of hydrogen-bond donors (Lipinski definition) is 4. The van der Waals surface area contributed by atoms with Crippen molar-refractivity contribution in [3.63, 3.8) is 0 Å². The van der Waals surface area contributed by atoms with Crippen molar-refractivity contribution >= 4 is 0 Å². The van der Waals surface area contributed by atoms with E-state index in [1.165, 1.54) is 6.07 Å². The van der Waals surface area contributed by atoms with Crippen LogP contribution in [0, 0.1) is 17.3 Å². The van der Waals surface area contributed by atoms with E-state index in [4.69, 9.17) is 0 Å². The number of aromatic hydroxyl groups is 2. The third kappa shape index (κ3) is 1.77. The van der Waals surface area contributed by atoms with Crippen molar-refractivity contribution in [3.8, 4) is 11.5 Å². The van der Waals surface area contributed by atoms with E-state index in [1.54, 1.807) is 6.07 Å². The topological polar surface area (TPSA) is 80.9 Å². The third-order valence-corrected chi connectivity index (χ3v) is 6.76. The number of hydrogen-bond acceptors (Lipinski definition) is 4. The summed E-state index contributed by atoms with van der Waals surface area (Å²) in [6.45, 7) is 2.11. The Labute approximate surface area is 130 Å². The Morgan fingerprint density at radius 1 is 1.14 bits per heavy atom. The molecule has 3 aliphatic carbocycles. The van der Waals surface area contributed by atoms with Crippen molar-refractivity contribution in [2.45, 2.75) is 57.2 Å². The third-order valence-electron chi connectivity index (χ3n) is 6.76. The second-order valence-electron chi connectivity index (χ2n) is 7.75. The smallest absolute Gasteiger partial charge is 0.123 e. The molecule has 120 valence electrons. The minimum atomic E-state index is -0.631. The maximum atomic E-state index is 10.4. The van der Waals surface area contributed by atoms with Crippen molar-refractivity contribution < 1.29 is 20.4 Å². The molecule has 0 unspecified atom stereocenters. The second kappa shape index (κ2) is 4.62. The summed E-state index contributed by atoms with van der Waals surface area (Å²) in [7, 11) is 0. The number of rotatable bonds is 0. The van der Waals surface area contributed by atoms with Crippen LogP contribution in [0.1, 0.15) is 49.7 Å². The van der Waals surface area contributed by atoms with E-state index in [2.05, 4.69) is 6.92 Å². The first-order valence-corrected chi connectivity index (χ1v) is 8.32. The summed E-state index contributed by atoms with van der Waals surface area (Å²) in [5.74, 6) is 1.31. The fourth-order valence-electron chi connectivity index (χ4n) is 5.67. The average Bonchev–Trinajstić information content (AvgIpc) is 2.70. The molecule has 2 saturated carbocycles. The Kier molecular flexibility index (Phi) is 3.01. The first kappa shape index (κ1) is 14.3. The van der Waals surface area contributed by atoms with Crippen molar-refractivity contribution in [3.05, 3.63) is 23.3 Å². The van der Waals surface area contributed by atoms with Crippen LogP contribution in [0.5, 0.6) is 11.5 Å². The van der Waals surface area contributed by atoms with Crippen LogP contribution in [0.15, 0.2) is 12.1 Å². The van der Waals surface area contributed by atoms with Gasteiger partial charge in [0.05, 0.1) is 12.2 Å². The van der Waals surface area contributed by atoms with Gasteiger partial charge in [-0.2, -0.15) is 0 Å². The predicted molar refractivity (Wildman–Crippen MR) is 81.8 cm³/mol. The lowest BCUT2D eigenvalue weighted by atomic mass is 9.55. The standard InChI is InChI=1S/C18H24O4/c1-18-5-4-12-11(13(18)8-15(21)17(18)22)3-2-9-6-10(19)7-14(20)16(9)12/h6-7,11-13,15,17,19-22H,2-5,8H2,1H3/t11-,12+,13+,15-,17+,18+/m1/s1. The Balaban J connectivity index is 1.75. The summed E-state index contributed by atoms with van der Waals surface area (Å²) in [6.07, 6.45) is 3.05. The molecular weight excluding hydrogens is 280 g/mol. The molecule has 0 heterocycles. The lowest BCUT2D eigenvalue weighted by molar-refractivity contribution is -0.0507. The van der Waals surface area contributed by atoms with Gasteiger partial charge in [0.2, 0.25) is 0 Å². The Bertz CT molecular complexity index is 613. The molecule has 22 heavy (non-hydrogen) atoms. The van der Waals surface area contributed by atoms with Gasteiger partial charge in [0, 0.05) is 11.6 Å². The van der Waals surface area contributed by atoms with Gasteiger partial charge in [0.1, 0.15) is 11.5 Å². The molecule has 2 fully saturated rings. The lowest BCUT2D eigenvalue weighted by Gasteiger charge is -2.49. The predicted octanol–water partition coefficient (Wildman–Crippen LogP) is 2.29. The summed E-state index contributed by atoms with van der Waals surface area (Å²) < 4.78 is 0. The van der Waals surface area contributed by atoms with E-state index in [-0.39, 0.29) is 22.8 Å². The van der Waals surface area contributed by atoms with Crippen LogP contribution in [0.3, 0.4) is 0 Å². The quantitative estimate of drug-likeness (QED) is 0.593. The van der Waals surface area contributed by atoms with Gasteiger partial charge in [-0.3, -0.25) is 0 Å². The number of aliphatic hydroxyl groups is 2. The van der Waals surface area contributed by atoms with Crippen molar-refractivity contribution in [2.75, 3.05) is 0 Å². The van der Waals surface area contributed by atoms with E-state index >= 15 is 0 Å². The first-order valence-electron chi connectivity index (χ1n) is 8.32. The Morgan fingerprint density at radius 3 is 2.68 bits per heavy atom. The zero-order chi connectivity index (χ0) is 15.6. The summed E-state index contributed by atoms with van der Waals surface area (Å²) in [5, 5.41) is 40.6. The van der Waals surface area contributed by atoms with Gasteiger partial charge in [-0.25, -0.2) is 0 Å². The van der Waals surface area contributed by atoms with Crippen LogP contribution in [0.2, 0.25) is 0 Å². The Hall–Kier alpha value is -1.26. The van der Waals surface area contributed by atoms with Crippen LogP contribution in [-0.2, 0) is 6.42 Å². The molecule has 6 atom stereocenters. The normalized spacial score (nSPS) is 43.3. The fourth-order valence-corrected chi connectivity index (χ4v) is 5.67. The number of phenols is 2. The molecule has 4 N–H and O–H groups in total. The summed E-state index contributed by atoms with van der Waals surface area (Å²) in [5.41, 5.74) is 1.85. The largest absolute Gasteiger partial charge is 0.508 e. The number of aryl methyl sites for hydroxylation is 1. The zero-order valence-electron chi connectivity index (χ0n) is 12.9. The van der Waals surface area contributed by atoms with Gasteiger partial charge in [0.25, 0.3) is 0 Å². The minimum Gasteiger partial charge on any atom is -0.508 e. The summed E-state index contributed by atoms with van der Waals surface area (Å²) in [6, 6.07) is 3.21. The number of fused-ring (bicyclic) bond motifs is 5. The van der Waals surface area contributed by atoms with Crippen molar-refractivity contribution in [1.82, 2.24) is 0 Å². The molecule has 0 aliphatic heterocycles. The van der Waals surface area contributed by atoms with Crippen molar-refractivity contribution in [1.29, 1.82) is 0 Å². The van der Waals surface area contributed by atoms with Crippen LogP contribution in [0.25, 0.3) is 0 Å². The molecule has 4 rings (SSSR count). The monoisotopic (exact) mass is 304 g/mol. The van der Waals surface area contributed by atoms with E-state index in [0.29, 0.717) is 18.3 Å². The summed E-state index contributed by atoms with van der Waals surface area (Å²) in [4.78, 5) is 0. The van der Waals surface area contributed by atoms with Crippen LogP contribution in [0.4, 0.5) is 0 Å². The molecule has 0 aromatic heterocycles. The maximum absolute atomic E-state index is 10.4. The maximum Gasteiger partial charge on any atom is 0.123 e. The number of benzene rings is 1. The van der Waals surface area contributed by atoms with Gasteiger partial charge in [0.15, 0.2) is 0 Å². The highest BCUT2D eigenvalue weighted by molar-refractivity contribution is 5.49. The van der Waals surface area contributed by atoms with E-state index < -0.39 is 12.2 Å². The first-order chi connectivity index (χ1) is 10.4. The highest BCUT2D eigenvalue weighted by Gasteiger charge is 2.58. The molecule has 4 heteroatoms. The van der Waals surface area contributed by atoms with Gasteiger partial charge < -0.3 is 20.4 Å². The molecule has 3 aliphatic rings. The second-order valence-corrected chi connectivity index (χ2v) is 7.75. The molecule has 0 saturated heterocycles. The van der Waals surface area contributed by atoms with E-state index in [0.717, 1.165) is 36.8 Å². The average molecular weight is 304 g/mol. The van der Waals surface area contributed by atoms with Gasteiger partial charge in [-0.1, -0.05) is 6.92 Å². The van der Waals surface area contributed by atoms with Crippen LogP contribution >= 0.6 is 0 Å². The summed E-state index contributed by atoms with van der Waals surface area (Å²) >= 11 is 0. The minimum absolute atomic E-state index is 0.127. The van der Waals surface area contributed by atoms with Gasteiger partial charge in [-0.15, -0.1) is 0 Å². The zero-order valence-corrected chi connectivity index (χ0v) is 12.9. The highest BCUT2D eigenvalue weighted by atomic mass is 16.3. The lowest BCUT2D eigenvalue weighted by Crippen LogP contribution is -2.44. The molecule has 4 nitrogen and oxygen atoms in total. The number of aliphatic hydroxyl groups excluding tert-OH is 2. The van der Waals surface area contributed by atoms with Gasteiger partial charge in [-0.05, 0) is 66.9 Å². The molecule has 0 spiro atoms. The molecular formula is C18H24O4. The molecule has 0 bridgehead atoms. The van der Waals surface area contributed by atoms with E-state index in [9.17, 15) is 20.4 Å². The molecule has 0 amide bonds. The van der Waals surface area contributed by atoms with Gasteiger partial charge >= 0.3 is 0 Å². The number of phenolic OH excluding ortho intramolecular Hbond substituents is 2. The molecule has 1 aromatic carbocycles. The highest BCUT2D eigenvalue weighted by Crippen LogP contribution is 2.61. The molecule has 1 aromatic rings. The van der Waals surface area contributed by atoms with Crippen LogP contribution in [-0.4, -0.2) is 32.6 Å². The van der Waals surface area contributed by atoms with Crippen molar-refractivity contribution in [2.24, 2.45) is 17.3 Å². The van der Waals surface area contributed by atoms with E-state index in [1.807, 2.05) is 0 Å². The fraction of sp³-hybridized carbons (Fsp3) is 0.667. The molecule has 0 radical (unpaired) electrons. The van der Waals surface area contributed by atoms with Crippen LogP contribution < -0.4 is 0 Å². The SMILES string of the molecule is C[C@]12CC[C@@H]3c4c(O)cc(O)cc4CC[C@H]3[C@@H]1C[C@@H](O)[C@@H]2O.